The molecule has 0 aliphatic heterocycles. The van der Waals surface area contributed by atoms with E-state index >= 15 is 0 Å². The minimum absolute atomic E-state index is 0.534. The Balaban J connectivity index is 2.28. The van der Waals surface area contributed by atoms with Gasteiger partial charge < -0.3 is 10.1 Å². The summed E-state index contributed by atoms with van der Waals surface area (Å²) in [4.78, 5) is 0. The lowest BCUT2D eigenvalue weighted by atomic mass is 9.85. The summed E-state index contributed by atoms with van der Waals surface area (Å²) >= 11 is 0. The topological polar surface area (TPSA) is 21.3 Å². The molecule has 1 saturated carbocycles. The van der Waals surface area contributed by atoms with Gasteiger partial charge in [-0.1, -0.05) is 39.5 Å². The zero-order valence-corrected chi connectivity index (χ0v) is 11.3. The van der Waals surface area contributed by atoms with Crippen LogP contribution in [0.15, 0.2) is 0 Å². The summed E-state index contributed by atoms with van der Waals surface area (Å²) in [6.45, 7) is 5.43. The zero-order chi connectivity index (χ0) is 11.8. The molecule has 1 rings (SSSR count). The highest BCUT2D eigenvalue weighted by Gasteiger charge is 2.24. The fraction of sp³-hybridized carbons (Fsp3) is 1.00. The number of hydrogen-bond donors (Lipinski definition) is 1. The molecular formula is C14H29NO. The Morgan fingerprint density at radius 3 is 2.62 bits per heavy atom. The van der Waals surface area contributed by atoms with Gasteiger partial charge in [-0.25, -0.2) is 0 Å². The fourth-order valence-electron chi connectivity index (χ4n) is 2.76. The number of ether oxygens (including phenoxy) is 1. The first-order valence-electron chi connectivity index (χ1n) is 7.10. The number of hydrogen-bond acceptors (Lipinski definition) is 2. The van der Waals surface area contributed by atoms with E-state index in [1.165, 1.54) is 44.9 Å². The molecule has 1 aliphatic carbocycles. The van der Waals surface area contributed by atoms with Crippen LogP contribution in [-0.2, 0) is 4.74 Å². The van der Waals surface area contributed by atoms with E-state index in [2.05, 4.69) is 19.2 Å². The van der Waals surface area contributed by atoms with Crippen LogP contribution < -0.4 is 5.32 Å². The van der Waals surface area contributed by atoms with Crippen molar-refractivity contribution in [3.63, 3.8) is 0 Å². The maximum atomic E-state index is 6.13. The molecule has 1 N–H and O–H groups in total. The third-order valence-corrected chi connectivity index (χ3v) is 3.92. The van der Waals surface area contributed by atoms with Gasteiger partial charge in [0.2, 0.25) is 0 Å². The van der Waals surface area contributed by atoms with Crippen LogP contribution >= 0.6 is 0 Å². The van der Waals surface area contributed by atoms with Gasteiger partial charge in [0.05, 0.1) is 12.7 Å². The van der Waals surface area contributed by atoms with Crippen molar-refractivity contribution in [1.29, 1.82) is 0 Å². The predicted octanol–water partition coefficient (Wildman–Crippen LogP) is 3.36. The van der Waals surface area contributed by atoms with Crippen molar-refractivity contribution >= 4 is 0 Å². The van der Waals surface area contributed by atoms with E-state index in [4.69, 9.17) is 4.74 Å². The normalized spacial score (nSPS) is 27.9. The third kappa shape index (κ3) is 4.42. The van der Waals surface area contributed by atoms with Gasteiger partial charge in [-0.3, -0.25) is 0 Å². The van der Waals surface area contributed by atoms with Gasteiger partial charge in [0.25, 0.3) is 0 Å². The summed E-state index contributed by atoms with van der Waals surface area (Å²) in [5.41, 5.74) is 0. The van der Waals surface area contributed by atoms with E-state index in [-0.39, 0.29) is 0 Å². The van der Waals surface area contributed by atoms with Crippen LogP contribution in [0.1, 0.15) is 58.8 Å². The van der Waals surface area contributed by atoms with Crippen molar-refractivity contribution in [3.05, 3.63) is 0 Å². The summed E-state index contributed by atoms with van der Waals surface area (Å²) in [6.07, 6.45) is 9.69. The Morgan fingerprint density at radius 2 is 2.00 bits per heavy atom. The Morgan fingerprint density at radius 1 is 1.25 bits per heavy atom. The van der Waals surface area contributed by atoms with E-state index < -0.39 is 0 Å². The van der Waals surface area contributed by atoms with Gasteiger partial charge in [0.15, 0.2) is 0 Å². The first-order chi connectivity index (χ1) is 7.81. The molecule has 0 aromatic heterocycles. The first kappa shape index (κ1) is 14.0. The molecule has 2 heteroatoms. The van der Waals surface area contributed by atoms with Crippen LogP contribution in [0.3, 0.4) is 0 Å². The molecule has 0 bridgehead atoms. The molecule has 3 atom stereocenters. The van der Waals surface area contributed by atoms with Gasteiger partial charge in [0, 0.05) is 6.04 Å². The number of likely N-dealkylation sites (N-methyl/N-ethyl adjacent to an activating group) is 1. The lowest BCUT2D eigenvalue weighted by Crippen LogP contribution is -2.35. The van der Waals surface area contributed by atoms with E-state index in [0.717, 1.165) is 12.5 Å². The largest absolute Gasteiger partial charge is 0.376 e. The molecule has 0 aromatic carbocycles. The van der Waals surface area contributed by atoms with E-state index in [1.807, 2.05) is 7.05 Å². The molecule has 0 radical (unpaired) electrons. The Hall–Kier alpha value is -0.0800. The van der Waals surface area contributed by atoms with Crippen molar-refractivity contribution in [2.24, 2.45) is 5.92 Å². The van der Waals surface area contributed by atoms with Crippen LogP contribution in [-0.4, -0.2) is 25.8 Å². The molecule has 0 aromatic rings. The van der Waals surface area contributed by atoms with Crippen LogP contribution in [0.4, 0.5) is 0 Å². The van der Waals surface area contributed by atoms with E-state index in [0.29, 0.717) is 12.1 Å². The fourth-order valence-corrected chi connectivity index (χ4v) is 2.76. The summed E-state index contributed by atoms with van der Waals surface area (Å²) in [5, 5.41) is 3.35. The second-order valence-corrected chi connectivity index (χ2v) is 5.10. The lowest BCUT2D eigenvalue weighted by molar-refractivity contribution is -0.0215. The van der Waals surface area contributed by atoms with Crippen LogP contribution in [0.25, 0.3) is 0 Å². The molecule has 0 heterocycles. The van der Waals surface area contributed by atoms with Crippen LogP contribution in [0.2, 0.25) is 0 Å². The number of nitrogens with one attached hydrogen (secondary N) is 1. The lowest BCUT2D eigenvalue weighted by Gasteiger charge is -2.32. The molecule has 3 unspecified atom stereocenters. The summed E-state index contributed by atoms with van der Waals surface area (Å²) in [5.74, 6) is 0.813. The average Bonchev–Trinajstić information content (AvgIpc) is 2.34. The SMILES string of the molecule is CCCC(COC1CCCCC1CC)NC. The van der Waals surface area contributed by atoms with Crippen LogP contribution in [0.5, 0.6) is 0 Å². The monoisotopic (exact) mass is 227 g/mol. The molecular weight excluding hydrogens is 198 g/mol. The van der Waals surface area contributed by atoms with Crippen molar-refractivity contribution in [2.45, 2.75) is 70.9 Å². The van der Waals surface area contributed by atoms with Crippen molar-refractivity contribution in [3.8, 4) is 0 Å². The quantitative estimate of drug-likeness (QED) is 0.720. The van der Waals surface area contributed by atoms with Gasteiger partial charge in [-0.2, -0.15) is 0 Å². The molecule has 1 fully saturated rings. The maximum absolute atomic E-state index is 6.13. The molecule has 16 heavy (non-hydrogen) atoms. The Bertz CT molecular complexity index is 172. The number of rotatable bonds is 7. The maximum Gasteiger partial charge on any atom is 0.0623 e. The standard InChI is InChI=1S/C14H29NO/c1-4-8-13(15-3)11-16-14-10-7-6-9-12(14)5-2/h12-15H,4-11H2,1-3H3. The smallest absolute Gasteiger partial charge is 0.0623 e. The Kier molecular flexibility index (Phi) is 7.06. The third-order valence-electron chi connectivity index (χ3n) is 3.92. The summed E-state index contributed by atoms with van der Waals surface area (Å²) in [6, 6.07) is 0.546. The van der Waals surface area contributed by atoms with Gasteiger partial charge >= 0.3 is 0 Å². The van der Waals surface area contributed by atoms with Crippen molar-refractivity contribution in [1.82, 2.24) is 5.32 Å². The minimum Gasteiger partial charge on any atom is -0.376 e. The van der Waals surface area contributed by atoms with Gasteiger partial charge in [0.1, 0.15) is 0 Å². The highest BCUT2D eigenvalue weighted by Crippen LogP contribution is 2.29. The molecule has 96 valence electrons. The van der Waals surface area contributed by atoms with Crippen molar-refractivity contribution < 1.29 is 4.74 Å². The zero-order valence-electron chi connectivity index (χ0n) is 11.3. The first-order valence-corrected chi connectivity index (χ1v) is 7.10. The van der Waals surface area contributed by atoms with Gasteiger partial charge in [-0.05, 0) is 32.2 Å². The molecule has 0 amide bonds. The molecule has 2 nitrogen and oxygen atoms in total. The minimum atomic E-state index is 0.534. The molecule has 1 aliphatic rings. The van der Waals surface area contributed by atoms with E-state index in [1.54, 1.807) is 0 Å². The van der Waals surface area contributed by atoms with Crippen LogP contribution in [0, 0.1) is 5.92 Å². The van der Waals surface area contributed by atoms with Crippen molar-refractivity contribution in [2.75, 3.05) is 13.7 Å². The predicted molar refractivity (Wildman–Crippen MR) is 69.7 cm³/mol. The molecule has 0 spiro atoms. The second-order valence-electron chi connectivity index (χ2n) is 5.10. The summed E-state index contributed by atoms with van der Waals surface area (Å²) in [7, 11) is 2.04. The average molecular weight is 227 g/mol. The Labute approximate surface area is 101 Å². The van der Waals surface area contributed by atoms with Gasteiger partial charge in [-0.15, -0.1) is 0 Å². The van der Waals surface area contributed by atoms with E-state index in [9.17, 15) is 0 Å². The highest BCUT2D eigenvalue weighted by atomic mass is 16.5. The highest BCUT2D eigenvalue weighted by molar-refractivity contribution is 4.76. The molecule has 0 saturated heterocycles. The second kappa shape index (κ2) is 8.08. The summed E-state index contributed by atoms with van der Waals surface area (Å²) < 4.78 is 6.13.